The van der Waals surface area contributed by atoms with Gasteiger partial charge in [0, 0.05) is 25.5 Å². The van der Waals surface area contributed by atoms with E-state index in [-0.39, 0.29) is 48.0 Å². The van der Waals surface area contributed by atoms with Gasteiger partial charge in [0.15, 0.2) is 17.3 Å². The summed E-state index contributed by atoms with van der Waals surface area (Å²) in [5.74, 6) is -1.57. The monoisotopic (exact) mass is 493 g/mol. The van der Waals surface area contributed by atoms with Crippen molar-refractivity contribution in [1.82, 2.24) is 15.8 Å². The van der Waals surface area contributed by atoms with E-state index < -0.39 is 29.5 Å². The summed E-state index contributed by atoms with van der Waals surface area (Å²) in [5, 5.41) is 9.19. The van der Waals surface area contributed by atoms with Gasteiger partial charge in [-0.1, -0.05) is 39.3 Å². The molecule has 0 bridgehead atoms. The second kappa shape index (κ2) is 12.4. The number of aromatic nitrogens is 1. The van der Waals surface area contributed by atoms with Crippen LogP contribution in [0.2, 0.25) is 0 Å². The number of carbonyl (C=O) groups is 4. The van der Waals surface area contributed by atoms with E-state index in [1.807, 2.05) is 27.7 Å². The molecule has 0 aromatic carbocycles. The van der Waals surface area contributed by atoms with Crippen molar-refractivity contribution in [2.45, 2.75) is 78.5 Å². The number of amides is 2. The predicted octanol–water partition coefficient (Wildman–Crippen LogP) is 2.24. The molecule has 1 saturated heterocycles. The average molecular weight is 494 g/mol. The molecule has 10 heteroatoms. The van der Waals surface area contributed by atoms with Gasteiger partial charge in [0.1, 0.15) is 17.4 Å². The molecule has 0 aliphatic carbocycles. The molecule has 0 spiro atoms. The fraction of sp³-hybridized carbons (Fsp3) is 0.720. The van der Waals surface area contributed by atoms with Crippen LogP contribution in [0, 0.1) is 24.7 Å². The van der Waals surface area contributed by atoms with Crippen molar-refractivity contribution in [1.29, 1.82) is 0 Å². The summed E-state index contributed by atoms with van der Waals surface area (Å²) in [6.07, 6.45) is 1.03. The highest BCUT2D eigenvalue weighted by Gasteiger charge is 2.50. The predicted molar refractivity (Wildman–Crippen MR) is 128 cm³/mol. The molecule has 1 aromatic heterocycles. The highest BCUT2D eigenvalue weighted by atomic mass is 16.6. The molecular weight excluding hydrogens is 454 g/mol. The minimum absolute atomic E-state index is 0.0541. The van der Waals surface area contributed by atoms with Gasteiger partial charge in [-0.05, 0) is 32.1 Å². The van der Waals surface area contributed by atoms with E-state index >= 15 is 0 Å². The topological polar surface area (TPSA) is 140 Å². The first-order chi connectivity index (χ1) is 16.4. The number of methoxy groups -OCH3 is 1. The van der Waals surface area contributed by atoms with E-state index in [9.17, 15) is 19.2 Å². The van der Waals surface area contributed by atoms with Gasteiger partial charge in [0.2, 0.25) is 5.91 Å². The first-order valence-electron chi connectivity index (χ1n) is 12.2. The van der Waals surface area contributed by atoms with Crippen LogP contribution < -0.4 is 10.6 Å². The molecule has 1 aliphatic heterocycles. The Labute approximate surface area is 206 Å². The fourth-order valence-electron chi connectivity index (χ4n) is 3.88. The maximum atomic E-state index is 13.4. The molecule has 2 heterocycles. The van der Waals surface area contributed by atoms with Crippen LogP contribution in [-0.4, -0.2) is 66.5 Å². The van der Waals surface area contributed by atoms with Crippen molar-refractivity contribution in [2.24, 2.45) is 17.8 Å². The highest BCUT2D eigenvalue weighted by molar-refractivity contribution is 5.99. The van der Waals surface area contributed by atoms with Crippen molar-refractivity contribution in [3.05, 3.63) is 17.5 Å². The van der Waals surface area contributed by atoms with E-state index in [1.54, 1.807) is 13.8 Å². The largest absolute Gasteiger partial charge is 0.382 e. The van der Waals surface area contributed by atoms with Crippen LogP contribution in [-0.2, 0) is 23.9 Å². The summed E-state index contributed by atoms with van der Waals surface area (Å²) in [5.41, 5.74) is -0.805. The van der Waals surface area contributed by atoms with Crippen LogP contribution in [0.3, 0.4) is 0 Å². The zero-order chi connectivity index (χ0) is 26.3. The minimum Gasteiger partial charge on any atom is -0.382 e. The molecule has 1 aromatic rings. The minimum atomic E-state index is -0.962. The third kappa shape index (κ3) is 7.96. The highest BCUT2D eigenvalue weighted by Crippen LogP contribution is 2.30. The van der Waals surface area contributed by atoms with Crippen LogP contribution in [0.4, 0.5) is 0 Å². The van der Waals surface area contributed by atoms with E-state index in [0.29, 0.717) is 25.2 Å². The van der Waals surface area contributed by atoms with Gasteiger partial charge in [0.25, 0.3) is 5.91 Å². The summed E-state index contributed by atoms with van der Waals surface area (Å²) in [4.78, 5) is 52.0. The summed E-state index contributed by atoms with van der Waals surface area (Å²) < 4.78 is 15.4. The normalized spacial score (nSPS) is 20.6. The number of ether oxygens (including phenoxy) is 2. The molecule has 0 radical (unpaired) electrons. The van der Waals surface area contributed by atoms with Gasteiger partial charge in [-0.2, -0.15) is 0 Å². The lowest BCUT2D eigenvalue weighted by Crippen LogP contribution is -2.50. The van der Waals surface area contributed by atoms with Crippen LogP contribution in [0.15, 0.2) is 10.6 Å². The fourth-order valence-corrected chi connectivity index (χ4v) is 3.88. The van der Waals surface area contributed by atoms with Crippen molar-refractivity contribution in [3.63, 3.8) is 0 Å². The van der Waals surface area contributed by atoms with Gasteiger partial charge >= 0.3 is 0 Å². The summed E-state index contributed by atoms with van der Waals surface area (Å²) in [6, 6.07) is -0.188. The smallest absolute Gasteiger partial charge is 0.274 e. The van der Waals surface area contributed by atoms with Crippen LogP contribution in [0.1, 0.15) is 70.1 Å². The van der Waals surface area contributed by atoms with E-state index in [1.165, 1.54) is 13.2 Å². The first-order valence-corrected chi connectivity index (χ1v) is 12.2. The van der Waals surface area contributed by atoms with Crippen LogP contribution >= 0.6 is 0 Å². The van der Waals surface area contributed by atoms with E-state index in [0.717, 1.165) is 0 Å². The lowest BCUT2D eigenvalue weighted by Gasteiger charge is -2.28. The molecule has 10 nitrogen and oxygen atoms in total. The Balaban J connectivity index is 2.14. The van der Waals surface area contributed by atoms with Crippen molar-refractivity contribution < 1.29 is 33.2 Å². The number of hydrogen-bond donors (Lipinski definition) is 2. The number of carbonyl (C=O) groups excluding carboxylic acids is 4. The Kier molecular flexibility index (Phi) is 10.1. The molecule has 2 amide bonds. The Bertz CT molecular complexity index is 907. The molecule has 5 atom stereocenters. The van der Waals surface area contributed by atoms with Gasteiger partial charge < -0.3 is 24.6 Å². The van der Waals surface area contributed by atoms with Crippen molar-refractivity contribution >= 4 is 23.4 Å². The molecule has 1 unspecified atom stereocenters. The Morgan fingerprint density at radius 3 is 2.31 bits per heavy atom. The summed E-state index contributed by atoms with van der Waals surface area (Å²) >= 11 is 0. The molecule has 2 rings (SSSR count). The maximum absolute atomic E-state index is 13.4. The number of Topliss-reactive ketones (excluding diaryl/α,β-unsaturated/α-hetero) is 2. The van der Waals surface area contributed by atoms with E-state index in [4.69, 9.17) is 14.0 Å². The zero-order valence-electron chi connectivity index (χ0n) is 21.8. The molecule has 35 heavy (non-hydrogen) atoms. The number of epoxide rings is 1. The molecule has 0 saturated carbocycles. The Morgan fingerprint density at radius 2 is 1.83 bits per heavy atom. The van der Waals surface area contributed by atoms with Crippen LogP contribution in [0.5, 0.6) is 0 Å². The standard InChI is InChI=1S/C25H39N3O7/c1-8-15(4)17(23(31)26-18(9-14(2)3)22(30)25(6)13-34-25)11-21(29)20(12-33-7)27-24(32)19-10-16(5)35-28-19/h10,14-15,17-18,20H,8-9,11-13H2,1-7H3,(H,26,31)(H,27,32)/t15-,17?,18-,20-,25+/m0/s1. The van der Waals surface area contributed by atoms with Crippen LogP contribution in [0.25, 0.3) is 0 Å². The SMILES string of the molecule is CC[C@H](C)C(CC(=O)[C@H](COC)NC(=O)c1cc(C)on1)C(=O)N[C@@H](CC(C)C)C(=O)[C@@]1(C)CO1. The molecule has 196 valence electrons. The zero-order valence-corrected chi connectivity index (χ0v) is 21.8. The number of nitrogens with zero attached hydrogens (tertiary/aromatic N) is 1. The molecule has 1 fully saturated rings. The van der Waals surface area contributed by atoms with Crippen molar-refractivity contribution in [2.75, 3.05) is 20.3 Å². The number of nitrogens with one attached hydrogen (secondary N) is 2. The number of aryl methyl sites for hydroxylation is 1. The lowest BCUT2D eigenvalue weighted by molar-refractivity contribution is -0.135. The molecule has 2 N–H and O–H groups in total. The second-order valence-corrected chi connectivity index (χ2v) is 10.0. The average Bonchev–Trinajstić information content (AvgIpc) is 3.40. The Hall–Kier alpha value is -2.59. The quantitative estimate of drug-likeness (QED) is 0.355. The first kappa shape index (κ1) is 28.6. The van der Waals surface area contributed by atoms with Crippen molar-refractivity contribution in [3.8, 4) is 0 Å². The third-order valence-corrected chi connectivity index (χ3v) is 6.42. The Morgan fingerprint density at radius 1 is 1.17 bits per heavy atom. The summed E-state index contributed by atoms with van der Waals surface area (Å²) in [6.45, 7) is 11.5. The number of hydrogen-bond acceptors (Lipinski definition) is 8. The van der Waals surface area contributed by atoms with Gasteiger partial charge in [-0.15, -0.1) is 0 Å². The van der Waals surface area contributed by atoms with E-state index in [2.05, 4.69) is 15.8 Å². The number of rotatable bonds is 15. The molecular formula is C25H39N3O7. The third-order valence-electron chi connectivity index (χ3n) is 6.42. The lowest BCUT2D eigenvalue weighted by atomic mass is 9.84. The van der Waals surface area contributed by atoms with Gasteiger partial charge in [0.05, 0.1) is 19.3 Å². The van der Waals surface area contributed by atoms with Gasteiger partial charge in [-0.3, -0.25) is 19.2 Å². The maximum Gasteiger partial charge on any atom is 0.274 e. The summed E-state index contributed by atoms with van der Waals surface area (Å²) in [7, 11) is 1.42. The van der Waals surface area contributed by atoms with Gasteiger partial charge in [-0.25, -0.2) is 0 Å². The second-order valence-electron chi connectivity index (χ2n) is 10.0. The molecule has 1 aliphatic rings. The number of ketones is 2.